The van der Waals surface area contributed by atoms with Crippen LogP contribution in [-0.4, -0.2) is 29.6 Å². The fourth-order valence-electron chi connectivity index (χ4n) is 2.45. The van der Waals surface area contributed by atoms with Crippen LogP contribution in [0.15, 0.2) is 43.0 Å². The summed E-state index contributed by atoms with van der Waals surface area (Å²) in [4.78, 5) is 13.8. The van der Waals surface area contributed by atoms with E-state index in [0.717, 1.165) is 0 Å². The van der Waals surface area contributed by atoms with Crippen molar-refractivity contribution in [1.29, 1.82) is 0 Å². The van der Waals surface area contributed by atoms with E-state index in [4.69, 9.17) is 0 Å². The van der Waals surface area contributed by atoms with Gasteiger partial charge in [-0.3, -0.25) is 4.79 Å². The Morgan fingerprint density at radius 1 is 1.44 bits per heavy atom. The first-order chi connectivity index (χ1) is 8.64. The molecule has 2 rings (SSSR count). The van der Waals surface area contributed by atoms with E-state index in [2.05, 4.69) is 6.58 Å². The summed E-state index contributed by atoms with van der Waals surface area (Å²) in [6.45, 7) is 4.39. The van der Waals surface area contributed by atoms with E-state index in [0.29, 0.717) is 31.4 Å². The summed E-state index contributed by atoms with van der Waals surface area (Å²) in [5.41, 5.74) is -0.676. The second-order valence-corrected chi connectivity index (χ2v) is 4.84. The highest BCUT2D eigenvalue weighted by Gasteiger charge is 2.36. The molecule has 1 aromatic carbocycles. The van der Waals surface area contributed by atoms with Crippen molar-refractivity contribution in [1.82, 2.24) is 4.90 Å². The SMILES string of the molecule is C=CC[C@]1(F)CCCN(C(=O)c2ccccc2)C1. The summed E-state index contributed by atoms with van der Waals surface area (Å²) in [6.07, 6.45) is 3.13. The topological polar surface area (TPSA) is 20.3 Å². The lowest BCUT2D eigenvalue weighted by molar-refractivity contribution is 0.0354. The number of benzene rings is 1. The van der Waals surface area contributed by atoms with Gasteiger partial charge in [0.1, 0.15) is 5.67 Å². The number of carbonyl (C=O) groups excluding carboxylic acids is 1. The standard InChI is InChI=1S/C15H18FNO/c1-2-9-15(16)10-6-11-17(12-15)14(18)13-7-4-3-5-8-13/h2-5,7-8H,1,6,9-12H2/t15-/m0/s1. The lowest BCUT2D eigenvalue weighted by Gasteiger charge is -2.37. The minimum Gasteiger partial charge on any atom is -0.335 e. The molecule has 0 N–H and O–H groups in total. The Labute approximate surface area is 107 Å². The van der Waals surface area contributed by atoms with Gasteiger partial charge in [-0.15, -0.1) is 6.58 Å². The number of amides is 1. The molecule has 0 saturated carbocycles. The molecule has 2 nitrogen and oxygen atoms in total. The van der Waals surface area contributed by atoms with Gasteiger partial charge in [-0.25, -0.2) is 4.39 Å². The van der Waals surface area contributed by atoms with Crippen molar-refractivity contribution >= 4 is 5.91 Å². The molecular weight excluding hydrogens is 229 g/mol. The highest BCUT2D eigenvalue weighted by atomic mass is 19.1. The number of likely N-dealkylation sites (tertiary alicyclic amines) is 1. The van der Waals surface area contributed by atoms with Gasteiger partial charge >= 0.3 is 0 Å². The van der Waals surface area contributed by atoms with Gasteiger partial charge < -0.3 is 4.90 Å². The Morgan fingerprint density at radius 2 is 2.17 bits per heavy atom. The zero-order valence-corrected chi connectivity index (χ0v) is 10.4. The van der Waals surface area contributed by atoms with Gasteiger partial charge in [-0.05, 0) is 25.0 Å². The Hall–Kier alpha value is -1.64. The third kappa shape index (κ3) is 2.78. The number of hydrogen-bond acceptors (Lipinski definition) is 1. The van der Waals surface area contributed by atoms with Crippen molar-refractivity contribution in [2.45, 2.75) is 24.9 Å². The second-order valence-electron chi connectivity index (χ2n) is 4.84. The minimum absolute atomic E-state index is 0.0820. The third-order valence-electron chi connectivity index (χ3n) is 3.35. The van der Waals surface area contributed by atoms with Gasteiger partial charge in [0.05, 0.1) is 6.54 Å². The van der Waals surface area contributed by atoms with Crippen LogP contribution in [0.5, 0.6) is 0 Å². The highest BCUT2D eigenvalue weighted by molar-refractivity contribution is 5.94. The molecule has 1 amide bonds. The number of carbonyl (C=O) groups is 1. The normalized spacial score (nSPS) is 23.7. The number of piperidine rings is 1. The van der Waals surface area contributed by atoms with Crippen LogP contribution in [0.25, 0.3) is 0 Å². The van der Waals surface area contributed by atoms with Crippen LogP contribution in [0, 0.1) is 0 Å². The fraction of sp³-hybridized carbons (Fsp3) is 0.400. The molecule has 0 spiro atoms. The first-order valence-corrected chi connectivity index (χ1v) is 6.29. The molecule has 0 bridgehead atoms. The molecule has 96 valence electrons. The molecule has 18 heavy (non-hydrogen) atoms. The van der Waals surface area contributed by atoms with Crippen molar-refractivity contribution in [3.8, 4) is 0 Å². The zero-order valence-electron chi connectivity index (χ0n) is 10.4. The van der Waals surface area contributed by atoms with E-state index in [1.54, 1.807) is 23.1 Å². The maximum Gasteiger partial charge on any atom is 0.253 e. The molecule has 1 fully saturated rings. The molecule has 1 atom stereocenters. The van der Waals surface area contributed by atoms with Gasteiger partial charge in [0.2, 0.25) is 0 Å². The van der Waals surface area contributed by atoms with Crippen LogP contribution >= 0.6 is 0 Å². The molecule has 1 aromatic rings. The first-order valence-electron chi connectivity index (χ1n) is 6.29. The number of hydrogen-bond donors (Lipinski definition) is 0. The van der Waals surface area contributed by atoms with E-state index < -0.39 is 5.67 Å². The van der Waals surface area contributed by atoms with E-state index >= 15 is 0 Å². The smallest absolute Gasteiger partial charge is 0.253 e. The molecule has 1 aliphatic rings. The van der Waals surface area contributed by atoms with Crippen LogP contribution < -0.4 is 0 Å². The van der Waals surface area contributed by atoms with E-state index in [1.807, 2.05) is 18.2 Å². The molecule has 0 radical (unpaired) electrons. The summed E-state index contributed by atoms with van der Waals surface area (Å²) in [6, 6.07) is 9.05. The number of nitrogens with zero attached hydrogens (tertiary/aromatic N) is 1. The van der Waals surface area contributed by atoms with E-state index in [9.17, 15) is 9.18 Å². The second kappa shape index (κ2) is 5.34. The highest BCUT2D eigenvalue weighted by Crippen LogP contribution is 2.29. The van der Waals surface area contributed by atoms with Crippen LogP contribution in [0.1, 0.15) is 29.6 Å². The van der Waals surface area contributed by atoms with Gasteiger partial charge in [0.15, 0.2) is 0 Å². The summed E-state index contributed by atoms with van der Waals surface area (Å²) in [7, 11) is 0. The lowest BCUT2D eigenvalue weighted by Crippen LogP contribution is -2.47. The van der Waals surface area contributed by atoms with Crippen molar-refractivity contribution in [2.75, 3.05) is 13.1 Å². The molecule has 1 aliphatic heterocycles. The monoisotopic (exact) mass is 247 g/mol. The lowest BCUT2D eigenvalue weighted by atomic mass is 9.91. The first kappa shape index (κ1) is 12.8. The molecule has 3 heteroatoms. The predicted molar refractivity (Wildman–Crippen MR) is 70.2 cm³/mol. The van der Waals surface area contributed by atoms with Crippen LogP contribution in [0.4, 0.5) is 4.39 Å². The van der Waals surface area contributed by atoms with Crippen molar-refractivity contribution < 1.29 is 9.18 Å². The Morgan fingerprint density at radius 3 is 2.83 bits per heavy atom. The third-order valence-corrected chi connectivity index (χ3v) is 3.35. The molecular formula is C15H18FNO. The fourth-order valence-corrected chi connectivity index (χ4v) is 2.45. The van der Waals surface area contributed by atoms with E-state index in [1.165, 1.54) is 0 Å². The molecule has 1 heterocycles. The van der Waals surface area contributed by atoms with E-state index in [-0.39, 0.29) is 12.5 Å². The van der Waals surface area contributed by atoms with Crippen molar-refractivity contribution in [3.05, 3.63) is 48.6 Å². The Balaban J connectivity index is 2.10. The average Bonchev–Trinajstić information content (AvgIpc) is 2.39. The van der Waals surface area contributed by atoms with Gasteiger partial charge in [0.25, 0.3) is 5.91 Å². The number of allylic oxidation sites excluding steroid dienone is 1. The Bertz CT molecular complexity index is 431. The summed E-state index contributed by atoms with van der Waals surface area (Å²) in [5, 5.41) is 0. The minimum atomic E-state index is -1.30. The summed E-state index contributed by atoms with van der Waals surface area (Å²) >= 11 is 0. The van der Waals surface area contributed by atoms with Crippen LogP contribution in [0.3, 0.4) is 0 Å². The van der Waals surface area contributed by atoms with Crippen molar-refractivity contribution in [2.24, 2.45) is 0 Å². The molecule has 1 saturated heterocycles. The molecule has 0 aliphatic carbocycles. The van der Waals surface area contributed by atoms with Gasteiger partial charge in [0, 0.05) is 18.5 Å². The van der Waals surface area contributed by atoms with Crippen LogP contribution in [0.2, 0.25) is 0 Å². The predicted octanol–water partition coefficient (Wildman–Crippen LogP) is 3.21. The maximum atomic E-state index is 14.4. The molecule has 0 aromatic heterocycles. The zero-order chi connectivity index (χ0) is 13.0. The average molecular weight is 247 g/mol. The van der Waals surface area contributed by atoms with Crippen molar-refractivity contribution in [3.63, 3.8) is 0 Å². The van der Waals surface area contributed by atoms with Crippen LogP contribution in [-0.2, 0) is 0 Å². The number of alkyl halides is 1. The largest absolute Gasteiger partial charge is 0.335 e. The van der Waals surface area contributed by atoms with Gasteiger partial charge in [-0.2, -0.15) is 0 Å². The Kier molecular flexibility index (Phi) is 3.80. The van der Waals surface area contributed by atoms with Gasteiger partial charge in [-0.1, -0.05) is 24.3 Å². The summed E-state index contributed by atoms with van der Waals surface area (Å²) in [5.74, 6) is -0.0820. The number of rotatable bonds is 3. The molecule has 0 unspecified atom stereocenters. The number of halogens is 1. The summed E-state index contributed by atoms with van der Waals surface area (Å²) < 4.78 is 14.4. The maximum absolute atomic E-state index is 14.4. The quantitative estimate of drug-likeness (QED) is 0.751.